The van der Waals surface area contributed by atoms with Crippen molar-refractivity contribution < 1.29 is 0 Å². The van der Waals surface area contributed by atoms with E-state index in [4.69, 9.17) is 5.10 Å². The van der Waals surface area contributed by atoms with Crippen LogP contribution in [0.15, 0.2) is 41.2 Å². The second kappa shape index (κ2) is 7.00. The number of aromatic nitrogens is 4. The Morgan fingerprint density at radius 1 is 1.10 bits per heavy atom. The minimum atomic E-state index is -0.0872. The average molecular weight is 388 g/mol. The summed E-state index contributed by atoms with van der Waals surface area (Å²) in [6, 6.07) is 11.7. The van der Waals surface area contributed by atoms with Crippen molar-refractivity contribution in [1.82, 2.24) is 24.9 Å². The Bertz CT molecular complexity index is 1270. The minimum Gasteiger partial charge on any atom is -0.353 e. The van der Waals surface area contributed by atoms with Crippen LogP contribution in [0.1, 0.15) is 35.8 Å². The zero-order chi connectivity index (χ0) is 20.0. The summed E-state index contributed by atoms with van der Waals surface area (Å²) >= 11 is 0. The molecule has 0 saturated carbocycles. The summed E-state index contributed by atoms with van der Waals surface area (Å²) < 4.78 is 1.92. The van der Waals surface area contributed by atoms with Gasteiger partial charge in [0.2, 0.25) is 0 Å². The number of nitrogens with one attached hydrogen (secondary N) is 3. The Hall–Kier alpha value is -3.19. The van der Waals surface area contributed by atoms with E-state index in [2.05, 4.69) is 20.6 Å². The number of hydrogen-bond donors (Lipinski definition) is 3. The number of anilines is 2. The SMILES string of the molecule is Cc1ccc(Nc2cccc3nn4c(C5CCNCC5)cc(=O)[nH]c4c23)c(C)n1. The zero-order valence-electron chi connectivity index (χ0n) is 16.6. The summed E-state index contributed by atoms with van der Waals surface area (Å²) in [5.74, 6) is 0.329. The number of pyridine rings is 1. The van der Waals surface area contributed by atoms with E-state index in [0.29, 0.717) is 5.92 Å². The molecule has 0 bridgehead atoms. The molecular weight excluding hydrogens is 364 g/mol. The number of H-pyrrole nitrogens is 1. The van der Waals surface area contributed by atoms with Gasteiger partial charge in [0.15, 0.2) is 0 Å². The lowest BCUT2D eigenvalue weighted by atomic mass is 9.94. The molecule has 3 aromatic heterocycles. The fourth-order valence-electron chi connectivity index (χ4n) is 4.26. The van der Waals surface area contributed by atoms with E-state index >= 15 is 0 Å². The quantitative estimate of drug-likeness (QED) is 0.501. The molecule has 0 amide bonds. The topological polar surface area (TPSA) is 87.1 Å². The number of aromatic amines is 1. The summed E-state index contributed by atoms with van der Waals surface area (Å²) in [7, 11) is 0. The van der Waals surface area contributed by atoms with E-state index in [0.717, 1.165) is 70.9 Å². The first-order chi connectivity index (χ1) is 14.1. The Balaban J connectivity index is 1.69. The van der Waals surface area contributed by atoms with Crippen molar-refractivity contribution in [3.63, 3.8) is 0 Å². The Kier molecular flexibility index (Phi) is 4.32. The molecule has 0 atom stereocenters. The van der Waals surface area contributed by atoms with E-state index in [1.165, 1.54) is 0 Å². The highest BCUT2D eigenvalue weighted by molar-refractivity contribution is 6.03. The average Bonchev–Trinajstić information content (AvgIpc) is 3.09. The molecular formula is C22H24N6O. The van der Waals surface area contributed by atoms with Crippen molar-refractivity contribution in [3.8, 4) is 0 Å². The summed E-state index contributed by atoms with van der Waals surface area (Å²) in [5, 5.41) is 12.6. The van der Waals surface area contributed by atoms with E-state index in [1.807, 2.05) is 48.7 Å². The smallest absolute Gasteiger partial charge is 0.251 e. The van der Waals surface area contributed by atoms with Crippen LogP contribution in [0.25, 0.3) is 16.6 Å². The molecule has 1 fully saturated rings. The minimum absolute atomic E-state index is 0.0872. The predicted molar refractivity (Wildman–Crippen MR) is 115 cm³/mol. The van der Waals surface area contributed by atoms with Gasteiger partial charge in [-0.05, 0) is 64.0 Å². The van der Waals surface area contributed by atoms with Crippen LogP contribution in [0.2, 0.25) is 0 Å². The third-order valence-electron chi connectivity index (χ3n) is 5.72. The lowest BCUT2D eigenvalue weighted by molar-refractivity contribution is 0.446. The molecule has 4 heterocycles. The third kappa shape index (κ3) is 3.17. The first-order valence-corrected chi connectivity index (χ1v) is 10.1. The molecule has 0 aliphatic carbocycles. The van der Waals surface area contributed by atoms with Crippen LogP contribution in [0.5, 0.6) is 0 Å². The molecule has 148 valence electrons. The highest BCUT2D eigenvalue weighted by atomic mass is 16.1. The van der Waals surface area contributed by atoms with Gasteiger partial charge in [-0.15, -0.1) is 0 Å². The molecule has 5 rings (SSSR count). The number of fused-ring (bicyclic) bond motifs is 3. The molecule has 3 N–H and O–H groups in total. The van der Waals surface area contributed by atoms with Gasteiger partial charge in [-0.25, -0.2) is 4.52 Å². The normalized spacial score (nSPS) is 15.2. The monoisotopic (exact) mass is 388 g/mol. The van der Waals surface area contributed by atoms with E-state index in [-0.39, 0.29) is 5.56 Å². The lowest BCUT2D eigenvalue weighted by Crippen LogP contribution is -2.28. The molecule has 7 nitrogen and oxygen atoms in total. The second-order valence-corrected chi connectivity index (χ2v) is 7.75. The second-order valence-electron chi connectivity index (χ2n) is 7.75. The maximum atomic E-state index is 12.5. The van der Waals surface area contributed by atoms with Gasteiger partial charge >= 0.3 is 0 Å². The number of nitrogens with zero attached hydrogens (tertiary/aromatic N) is 3. The summed E-state index contributed by atoms with van der Waals surface area (Å²) in [6.07, 6.45) is 2.02. The fourth-order valence-corrected chi connectivity index (χ4v) is 4.26. The van der Waals surface area contributed by atoms with Crippen LogP contribution in [0, 0.1) is 13.8 Å². The molecule has 0 radical (unpaired) electrons. The number of rotatable bonds is 3. The van der Waals surface area contributed by atoms with Crippen LogP contribution in [-0.2, 0) is 0 Å². The van der Waals surface area contributed by atoms with Gasteiger partial charge in [0.1, 0.15) is 5.65 Å². The number of piperidine rings is 1. The van der Waals surface area contributed by atoms with Gasteiger partial charge < -0.3 is 15.6 Å². The van der Waals surface area contributed by atoms with E-state index in [9.17, 15) is 4.79 Å². The molecule has 4 aromatic rings. The summed E-state index contributed by atoms with van der Waals surface area (Å²) in [4.78, 5) is 20.1. The Labute approximate surface area is 168 Å². The summed E-state index contributed by atoms with van der Waals surface area (Å²) in [5.41, 5.74) is 6.26. The maximum absolute atomic E-state index is 12.5. The highest BCUT2D eigenvalue weighted by Crippen LogP contribution is 2.32. The molecule has 0 unspecified atom stereocenters. The van der Waals surface area contributed by atoms with Crippen LogP contribution < -0.4 is 16.2 Å². The van der Waals surface area contributed by atoms with Gasteiger partial charge in [-0.2, -0.15) is 5.10 Å². The van der Waals surface area contributed by atoms with Crippen LogP contribution in [-0.4, -0.2) is 32.7 Å². The van der Waals surface area contributed by atoms with Gasteiger partial charge in [-0.1, -0.05) is 6.07 Å². The molecule has 29 heavy (non-hydrogen) atoms. The van der Waals surface area contributed by atoms with Crippen molar-refractivity contribution in [2.75, 3.05) is 18.4 Å². The number of hydrogen-bond acceptors (Lipinski definition) is 5. The standard InChI is InChI=1S/C22H24N6O/c1-13-6-7-16(14(2)24-13)25-17-4-3-5-18-21(17)22-26-20(29)12-19(28(22)27-18)15-8-10-23-11-9-15/h3-7,12,15,23,25H,8-11H2,1-2H3,(H,26,29). The predicted octanol–water partition coefficient (Wildman–Crippen LogP) is 3.40. The number of aryl methyl sites for hydroxylation is 2. The molecule has 1 saturated heterocycles. The third-order valence-corrected chi connectivity index (χ3v) is 5.72. The first-order valence-electron chi connectivity index (χ1n) is 10.1. The van der Waals surface area contributed by atoms with Gasteiger partial charge in [0.05, 0.1) is 33.7 Å². The largest absolute Gasteiger partial charge is 0.353 e. The van der Waals surface area contributed by atoms with Crippen molar-refractivity contribution in [3.05, 3.63) is 63.8 Å². The van der Waals surface area contributed by atoms with Crippen molar-refractivity contribution in [2.45, 2.75) is 32.6 Å². The Morgan fingerprint density at radius 3 is 2.72 bits per heavy atom. The van der Waals surface area contributed by atoms with E-state index < -0.39 is 0 Å². The van der Waals surface area contributed by atoms with Crippen molar-refractivity contribution >= 4 is 27.9 Å². The van der Waals surface area contributed by atoms with Crippen molar-refractivity contribution in [1.29, 1.82) is 0 Å². The molecule has 0 spiro atoms. The van der Waals surface area contributed by atoms with Crippen LogP contribution in [0.4, 0.5) is 11.4 Å². The van der Waals surface area contributed by atoms with Gasteiger partial charge in [-0.3, -0.25) is 9.78 Å². The molecule has 1 aliphatic heterocycles. The van der Waals surface area contributed by atoms with Gasteiger partial charge in [0.25, 0.3) is 5.56 Å². The van der Waals surface area contributed by atoms with Gasteiger partial charge in [0, 0.05) is 17.7 Å². The number of benzene rings is 1. The summed E-state index contributed by atoms with van der Waals surface area (Å²) in [6.45, 7) is 5.90. The zero-order valence-corrected chi connectivity index (χ0v) is 16.6. The van der Waals surface area contributed by atoms with Crippen LogP contribution >= 0.6 is 0 Å². The Morgan fingerprint density at radius 2 is 1.93 bits per heavy atom. The lowest BCUT2D eigenvalue weighted by Gasteiger charge is -2.23. The van der Waals surface area contributed by atoms with E-state index in [1.54, 1.807) is 6.07 Å². The molecule has 7 heteroatoms. The highest BCUT2D eigenvalue weighted by Gasteiger charge is 2.21. The van der Waals surface area contributed by atoms with Crippen molar-refractivity contribution in [2.24, 2.45) is 0 Å². The molecule has 1 aliphatic rings. The first kappa shape index (κ1) is 17.9. The maximum Gasteiger partial charge on any atom is 0.251 e. The molecule has 1 aromatic carbocycles. The fraction of sp³-hybridized carbons (Fsp3) is 0.318. The van der Waals surface area contributed by atoms with Crippen LogP contribution in [0.3, 0.4) is 0 Å².